The zero-order valence-corrected chi connectivity index (χ0v) is 13.6. The van der Waals surface area contributed by atoms with Crippen LogP contribution in [0.1, 0.15) is 15.9 Å². The first-order valence-electron chi connectivity index (χ1n) is 8.07. The molecule has 1 amide bonds. The lowest BCUT2D eigenvalue weighted by atomic mass is 10.1. The van der Waals surface area contributed by atoms with Crippen molar-refractivity contribution in [3.8, 4) is 0 Å². The van der Waals surface area contributed by atoms with Gasteiger partial charge in [0.2, 0.25) is 0 Å². The number of anilines is 1. The van der Waals surface area contributed by atoms with E-state index in [9.17, 15) is 4.79 Å². The first-order valence-corrected chi connectivity index (χ1v) is 8.07. The van der Waals surface area contributed by atoms with E-state index >= 15 is 0 Å². The van der Waals surface area contributed by atoms with Gasteiger partial charge in [0.25, 0.3) is 5.91 Å². The summed E-state index contributed by atoms with van der Waals surface area (Å²) >= 11 is 0. The minimum absolute atomic E-state index is 0.142. The van der Waals surface area contributed by atoms with Crippen molar-refractivity contribution in [3.05, 3.63) is 90.5 Å². The Morgan fingerprint density at radius 1 is 0.840 bits per heavy atom. The third-order valence-electron chi connectivity index (χ3n) is 4.23. The van der Waals surface area contributed by atoms with Gasteiger partial charge < -0.3 is 5.32 Å². The van der Waals surface area contributed by atoms with Crippen LogP contribution >= 0.6 is 0 Å². The van der Waals surface area contributed by atoms with Crippen LogP contribution < -0.4 is 5.32 Å². The molecule has 0 saturated carbocycles. The summed E-state index contributed by atoms with van der Waals surface area (Å²) in [5.41, 5.74) is 4.10. The Morgan fingerprint density at radius 3 is 1.96 bits per heavy atom. The molecule has 4 aromatic rings. The van der Waals surface area contributed by atoms with E-state index in [0.717, 1.165) is 33.1 Å². The predicted molar refractivity (Wildman–Crippen MR) is 104 cm³/mol. The quantitative estimate of drug-likeness (QED) is 0.521. The molecule has 1 aromatic heterocycles. The van der Waals surface area contributed by atoms with E-state index in [1.54, 1.807) is 18.2 Å². The molecule has 120 valence electrons. The Hall–Kier alpha value is -3.46. The topological polar surface area (TPSA) is 42.0 Å². The summed E-state index contributed by atoms with van der Waals surface area (Å²) in [6.45, 7) is 3.73. The van der Waals surface area contributed by atoms with Crippen LogP contribution in [0, 0.1) is 0 Å². The molecule has 0 aliphatic heterocycles. The summed E-state index contributed by atoms with van der Waals surface area (Å²) in [5.74, 6) is -0.142. The number of hydrogen-bond donors (Lipinski definition) is 1. The van der Waals surface area contributed by atoms with Gasteiger partial charge in [-0.2, -0.15) is 0 Å². The molecule has 0 fully saturated rings. The number of para-hydroxylation sites is 2. The molecule has 0 saturated heterocycles. The largest absolute Gasteiger partial charge is 0.321 e. The molecule has 4 rings (SSSR count). The van der Waals surface area contributed by atoms with Gasteiger partial charge in [-0.15, -0.1) is 0 Å². The number of nitrogens with one attached hydrogen (secondary N) is 1. The standard InChI is InChI=1S/C22H16N2O/c1-2-15-11-13-16(14-12-15)22(25)24-21-17-7-3-5-9-19(17)23-20-10-6-4-8-18(20)21/h2-14H,1H2,(H,23,24,25). The van der Waals surface area contributed by atoms with E-state index in [4.69, 9.17) is 0 Å². The molecule has 0 bridgehead atoms. The summed E-state index contributed by atoms with van der Waals surface area (Å²) in [7, 11) is 0. The van der Waals surface area contributed by atoms with Gasteiger partial charge in [0.15, 0.2) is 0 Å². The molecule has 0 spiro atoms. The molecule has 0 atom stereocenters. The van der Waals surface area contributed by atoms with Gasteiger partial charge in [0, 0.05) is 16.3 Å². The fraction of sp³-hybridized carbons (Fsp3) is 0. The van der Waals surface area contributed by atoms with Crippen molar-refractivity contribution >= 4 is 39.5 Å². The van der Waals surface area contributed by atoms with Gasteiger partial charge in [-0.05, 0) is 29.8 Å². The predicted octanol–water partition coefficient (Wildman–Crippen LogP) is 5.28. The first kappa shape index (κ1) is 15.1. The molecule has 0 radical (unpaired) electrons. The van der Waals surface area contributed by atoms with E-state index in [-0.39, 0.29) is 5.91 Å². The highest BCUT2D eigenvalue weighted by atomic mass is 16.1. The van der Waals surface area contributed by atoms with Crippen molar-refractivity contribution in [1.82, 2.24) is 4.98 Å². The first-order chi connectivity index (χ1) is 12.3. The Labute approximate surface area is 145 Å². The third kappa shape index (κ3) is 2.76. The fourth-order valence-electron chi connectivity index (χ4n) is 2.93. The van der Waals surface area contributed by atoms with Gasteiger partial charge >= 0.3 is 0 Å². The maximum absolute atomic E-state index is 12.7. The van der Waals surface area contributed by atoms with Crippen molar-refractivity contribution < 1.29 is 4.79 Å². The van der Waals surface area contributed by atoms with Crippen LogP contribution in [-0.4, -0.2) is 10.9 Å². The number of pyridine rings is 1. The van der Waals surface area contributed by atoms with Crippen LogP contribution in [0.3, 0.4) is 0 Å². The number of nitrogens with zero attached hydrogens (tertiary/aromatic N) is 1. The van der Waals surface area contributed by atoms with Gasteiger partial charge in [0.05, 0.1) is 16.7 Å². The Bertz CT molecular complexity index is 1040. The molecule has 3 nitrogen and oxygen atoms in total. The lowest BCUT2D eigenvalue weighted by molar-refractivity contribution is 0.102. The van der Waals surface area contributed by atoms with Crippen molar-refractivity contribution in [2.24, 2.45) is 0 Å². The van der Waals surface area contributed by atoms with Gasteiger partial charge in [-0.25, -0.2) is 4.98 Å². The van der Waals surface area contributed by atoms with E-state index < -0.39 is 0 Å². The Morgan fingerprint density at radius 2 is 1.40 bits per heavy atom. The second-order valence-electron chi connectivity index (χ2n) is 5.80. The van der Waals surface area contributed by atoms with Gasteiger partial charge in [0.1, 0.15) is 0 Å². The van der Waals surface area contributed by atoms with Crippen LogP contribution in [-0.2, 0) is 0 Å². The summed E-state index contributed by atoms with van der Waals surface area (Å²) in [6, 6.07) is 23.0. The van der Waals surface area contributed by atoms with Crippen molar-refractivity contribution in [2.75, 3.05) is 5.32 Å². The molecule has 0 aliphatic carbocycles. The molecule has 25 heavy (non-hydrogen) atoms. The highest BCUT2D eigenvalue weighted by Crippen LogP contribution is 2.30. The van der Waals surface area contributed by atoms with Crippen LogP contribution in [0.15, 0.2) is 79.4 Å². The summed E-state index contributed by atoms with van der Waals surface area (Å²) < 4.78 is 0. The van der Waals surface area contributed by atoms with Gasteiger partial charge in [-0.3, -0.25) is 4.79 Å². The maximum atomic E-state index is 12.7. The molecular formula is C22H16N2O. The van der Waals surface area contributed by atoms with E-state index in [1.165, 1.54) is 0 Å². The fourth-order valence-corrected chi connectivity index (χ4v) is 2.93. The summed E-state index contributed by atoms with van der Waals surface area (Å²) in [5, 5.41) is 4.93. The number of fused-ring (bicyclic) bond motifs is 2. The smallest absolute Gasteiger partial charge is 0.255 e. The molecule has 0 unspecified atom stereocenters. The number of hydrogen-bond acceptors (Lipinski definition) is 2. The number of carbonyl (C=O) groups is 1. The lowest BCUT2D eigenvalue weighted by Crippen LogP contribution is -2.12. The molecule has 1 N–H and O–H groups in total. The van der Waals surface area contributed by atoms with Crippen LogP contribution in [0.4, 0.5) is 5.69 Å². The Kier molecular flexibility index (Phi) is 3.75. The molecule has 3 aromatic carbocycles. The molecule has 0 aliphatic rings. The number of rotatable bonds is 3. The monoisotopic (exact) mass is 324 g/mol. The molecule has 1 heterocycles. The SMILES string of the molecule is C=Cc1ccc(C(=O)Nc2c3ccccc3nc3ccccc23)cc1. The number of aromatic nitrogens is 1. The zero-order chi connectivity index (χ0) is 17.2. The number of carbonyl (C=O) groups excluding carboxylic acids is 1. The summed E-state index contributed by atoms with van der Waals surface area (Å²) in [4.78, 5) is 17.4. The van der Waals surface area contributed by atoms with Crippen LogP contribution in [0.25, 0.3) is 27.9 Å². The van der Waals surface area contributed by atoms with Crippen LogP contribution in [0.5, 0.6) is 0 Å². The average molecular weight is 324 g/mol. The minimum atomic E-state index is -0.142. The van der Waals surface area contributed by atoms with E-state index in [0.29, 0.717) is 5.56 Å². The normalized spacial score (nSPS) is 10.7. The van der Waals surface area contributed by atoms with Gasteiger partial charge in [-0.1, -0.05) is 61.2 Å². The number of amides is 1. The highest BCUT2D eigenvalue weighted by Gasteiger charge is 2.12. The minimum Gasteiger partial charge on any atom is -0.321 e. The lowest BCUT2D eigenvalue weighted by Gasteiger charge is -2.12. The summed E-state index contributed by atoms with van der Waals surface area (Å²) in [6.07, 6.45) is 1.76. The number of benzene rings is 3. The van der Waals surface area contributed by atoms with Crippen molar-refractivity contribution in [1.29, 1.82) is 0 Å². The zero-order valence-electron chi connectivity index (χ0n) is 13.6. The highest BCUT2D eigenvalue weighted by molar-refractivity contribution is 6.16. The van der Waals surface area contributed by atoms with Crippen molar-refractivity contribution in [2.45, 2.75) is 0 Å². The Balaban J connectivity index is 1.83. The van der Waals surface area contributed by atoms with E-state index in [1.807, 2.05) is 60.7 Å². The second-order valence-corrected chi connectivity index (χ2v) is 5.80. The van der Waals surface area contributed by atoms with E-state index in [2.05, 4.69) is 16.9 Å². The van der Waals surface area contributed by atoms with Crippen molar-refractivity contribution in [3.63, 3.8) is 0 Å². The third-order valence-corrected chi connectivity index (χ3v) is 4.23. The molecule has 3 heteroatoms. The second kappa shape index (κ2) is 6.21. The molecular weight excluding hydrogens is 308 g/mol. The maximum Gasteiger partial charge on any atom is 0.255 e. The van der Waals surface area contributed by atoms with Crippen LogP contribution in [0.2, 0.25) is 0 Å². The average Bonchev–Trinajstić information content (AvgIpc) is 2.67.